The number of ether oxygens (including phenoxy) is 5. The van der Waals surface area contributed by atoms with Crippen LogP contribution in [0.1, 0.15) is 163 Å². The molecule has 0 fully saturated rings. The highest BCUT2D eigenvalue weighted by Crippen LogP contribution is 2.39. The van der Waals surface area contributed by atoms with E-state index < -0.39 is 53.0 Å². The molecule has 13 heteroatoms. The molecule has 69 heavy (non-hydrogen) atoms. The molecule has 2 aliphatic rings. The Kier molecular flexibility index (Phi) is 25.0. The monoisotopic (exact) mass is 995 g/mol. The molecule has 0 aromatic heterocycles. The van der Waals surface area contributed by atoms with Gasteiger partial charge in [-0.1, -0.05) is 186 Å². The summed E-state index contributed by atoms with van der Waals surface area (Å²) >= 11 is 0. The summed E-state index contributed by atoms with van der Waals surface area (Å²) < 4.78 is 41.6. The lowest BCUT2D eigenvalue weighted by Gasteiger charge is -2.37. The summed E-state index contributed by atoms with van der Waals surface area (Å²) in [7, 11) is -4.15. The predicted molar refractivity (Wildman–Crippen MR) is 280 cm³/mol. The van der Waals surface area contributed by atoms with Crippen LogP contribution in [-0.4, -0.2) is 77.3 Å². The molecule has 0 radical (unpaired) electrons. The lowest BCUT2D eigenvalue weighted by Crippen LogP contribution is -2.46. The number of benzene rings is 2. The first kappa shape index (κ1) is 59.6. The number of unbranched alkanes of at least 4 members (excludes halogenated alkanes) is 12. The number of carbonyl (C=O) groups excluding carboxylic acids is 3. The van der Waals surface area contributed by atoms with Gasteiger partial charge in [0.1, 0.15) is 19.3 Å². The highest BCUT2D eigenvalue weighted by molar-refractivity contribution is 6.74. The standard InChI is InChI=1S/C36H60O6Si.C20H30O5Si/c1-8-9-10-11-12-13-14-15-16-17-18-19-23-26-32(37)41-31(28-40-43(6,7)36(3,4)5)34-33(29(2)35(38)42-34)39-27-30-24-21-20-22-25-30;1-14-17(23-12-15-10-8-7-9-11-15)18(25-19(14)22)16(21)13-24-26(5,6)20(2,3)4/h20-22,24-25,31,34H,8-19,23,26-28H2,1-7H3;7-11,16,18,21H,12-13H2,1-6H3/t31-,34+;16-,18+/m00/s1. The summed E-state index contributed by atoms with van der Waals surface area (Å²) in [6, 6.07) is 19.4. The van der Waals surface area contributed by atoms with Gasteiger partial charge in [-0.15, -0.1) is 0 Å². The number of hydrogen-bond donors (Lipinski definition) is 1. The average molecular weight is 995 g/mol. The molecule has 0 spiro atoms. The van der Waals surface area contributed by atoms with Crippen molar-refractivity contribution in [2.45, 2.75) is 226 Å². The maximum Gasteiger partial charge on any atom is 0.338 e. The first-order valence-electron chi connectivity index (χ1n) is 25.8. The molecular weight excluding hydrogens is 905 g/mol. The summed E-state index contributed by atoms with van der Waals surface area (Å²) in [4.78, 5) is 37.6. The Morgan fingerprint density at radius 2 is 0.971 bits per heavy atom. The third-order valence-corrected chi connectivity index (χ3v) is 23.1. The number of cyclic esters (lactones) is 2. The van der Waals surface area contributed by atoms with Gasteiger partial charge in [0.15, 0.2) is 46.5 Å². The molecule has 0 bridgehead atoms. The molecule has 2 aromatic carbocycles. The second kappa shape index (κ2) is 28.9. The van der Waals surface area contributed by atoms with E-state index >= 15 is 0 Å². The van der Waals surface area contributed by atoms with E-state index in [9.17, 15) is 19.5 Å². The maximum absolute atomic E-state index is 13.0. The van der Waals surface area contributed by atoms with Crippen molar-refractivity contribution in [1.82, 2.24) is 0 Å². The minimum Gasteiger partial charge on any atom is -0.489 e. The summed E-state index contributed by atoms with van der Waals surface area (Å²) in [5.41, 5.74) is 2.77. The van der Waals surface area contributed by atoms with Crippen molar-refractivity contribution < 1.29 is 52.0 Å². The molecule has 388 valence electrons. The van der Waals surface area contributed by atoms with Crippen molar-refractivity contribution in [3.8, 4) is 0 Å². The minimum atomic E-state index is -2.15. The molecule has 4 atom stereocenters. The third kappa shape index (κ3) is 20.1. The van der Waals surface area contributed by atoms with Crippen LogP contribution >= 0.6 is 0 Å². The lowest BCUT2D eigenvalue weighted by atomic mass is 10.0. The van der Waals surface area contributed by atoms with Gasteiger partial charge in [0.05, 0.1) is 24.4 Å². The number of esters is 3. The Bertz CT molecular complexity index is 1910. The Morgan fingerprint density at radius 1 is 0.594 bits per heavy atom. The van der Waals surface area contributed by atoms with E-state index in [0.717, 1.165) is 30.4 Å². The Labute approximate surface area is 418 Å². The molecule has 4 rings (SSSR count). The lowest BCUT2D eigenvalue weighted by molar-refractivity contribution is -0.165. The molecule has 0 unspecified atom stereocenters. The molecule has 1 N–H and O–H groups in total. The smallest absolute Gasteiger partial charge is 0.338 e. The van der Waals surface area contributed by atoms with Gasteiger partial charge in [-0.25, -0.2) is 9.59 Å². The van der Waals surface area contributed by atoms with E-state index in [1.807, 2.05) is 60.7 Å². The second-order valence-corrected chi connectivity index (χ2v) is 31.5. The molecule has 2 aromatic rings. The van der Waals surface area contributed by atoms with Gasteiger partial charge in [-0.05, 0) is 67.7 Å². The molecule has 0 aliphatic carbocycles. The van der Waals surface area contributed by atoms with Gasteiger partial charge in [0.25, 0.3) is 0 Å². The van der Waals surface area contributed by atoms with E-state index in [0.29, 0.717) is 42.3 Å². The molecule has 11 nitrogen and oxygen atoms in total. The number of aliphatic hydroxyl groups is 1. The highest BCUT2D eigenvalue weighted by Gasteiger charge is 2.45. The quantitative estimate of drug-likeness (QED) is 0.0361. The summed E-state index contributed by atoms with van der Waals surface area (Å²) in [5.74, 6) is -0.367. The minimum absolute atomic E-state index is 0.0130. The van der Waals surface area contributed by atoms with Gasteiger partial charge >= 0.3 is 17.9 Å². The number of hydrogen-bond acceptors (Lipinski definition) is 11. The predicted octanol–water partition coefficient (Wildman–Crippen LogP) is 13.6. The molecular formula is C56H90O11Si2. The molecule has 0 saturated carbocycles. The van der Waals surface area contributed by atoms with Crippen molar-refractivity contribution in [3.05, 3.63) is 94.5 Å². The van der Waals surface area contributed by atoms with Crippen LogP contribution in [0.2, 0.25) is 36.3 Å². The molecule has 2 aliphatic heterocycles. The maximum atomic E-state index is 13.0. The van der Waals surface area contributed by atoms with E-state index in [1.165, 1.54) is 64.2 Å². The van der Waals surface area contributed by atoms with Crippen LogP contribution in [0, 0.1) is 0 Å². The Hall–Kier alpha value is -3.76. The summed E-state index contributed by atoms with van der Waals surface area (Å²) in [6.07, 6.45) is 13.2. The van der Waals surface area contributed by atoms with E-state index in [2.05, 4.69) is 74.7 Å². The molecule has 0 saturated heterocycles. The second-order valence-electron chi connectivity index (χ2n) is 21.9. The average Bonchev–Trinajstić information content (AvgIpc) is 3.75. The van der Waals surface area contributed by atoms with Crippen LogP contribution in [0.5, 0.6) is 0 Å². The van der Waals surface area contributed by atoms with Gasteiger partial charge in [-0.3, -0.25) is 4.79 Å². The summed E-state index contributed by atoms with van der Waals surface area (Å²) in [6.45, 7) is 28.0. The fourth-order valence-electron chi connectivity index (χ4n) is 7.29. The number of carbonyl (C=O) groups is 3. The SMILES string of the molecule is CC1=C(OCc2ccccc2)[C@@H]([C@@H](O)CO[Si](C)(C)C(C)(C)C)OC1=O.CCCCCCCCCCCCCCCC(=O)O[C@@H](CO[Si](C)(C)C(C)(C)C)[C@H]1OC(=O)C(C)=C1OCc1ccccc1. The van der Waals surface area contributed by atoms with Crippen molar-refractivity contribution >= 4 is 34.5 Å². The van der Waals surface area contributed by atoms with E-state index in [-0.39, 0.29) is 29.3 Å². The zero-order chi connectivity index (χ0) is 51.3. The van der Waals surface area contributed by atoms with Crippen LogP contribution < -0.4 is 0 Å². The van der Waals surface area contributed by atoms with Crippen molar-refractivity contribution in [1.29, 1.82) is 0 Å². The van der Waals surface area contributed by atoms with Crippen molar-refractivity contribution in [3.63, 3.8) is 0 Å². The fraction of sp³-hybridized carbons (Fsp3) is 0.661. The Balaban J connectivity index is 0.000000412. The topological polar surface area (TPSA) is 136 Å². The third-order valence-electron chi connectivity index (χ3n) is 14.1. The zero-order valence-corrected chi connectivity index (χ0v) is 46.8. The largest absolute Gasteiger partial charge is 0.489 e. The van der Waals surface area contributed by atoms with Gasteiger partial charge < -0.3 is 37.6 Å². The van der Waals surface area contributed by atoms with Crippen LogP contribution in [0.25, 0.3) is 0 Å². The zero-order valence-electron chi connectivity index (χ0n) is 44.8. The van der Waals surface area contributed by atoms with Crippen LogP contribution in [-0.2, 0) is 60.1 Å². The van der Waals surface area contributed by atoms with Crippen LogP contribution in [0.15, 0.2) is 83.3 Å². The fourth-order valence-corrected chi connectivity index (χ4v) is 9.33. The first-order chi connectivity index (χ1) is 32.5. The first-order valence-corrected chi connectivity index (χ1v) is 31.6. The van der Waals surface area contributed by atoms with Gasteiger partial charge in [-0.2, -0.15) is 0 Å². The highest BCUT2D eigenvalue weighted by atomic mass is 28.4. The number of aliphatic hydroxyl groups excluding tert-OH is 1. The Morgan fingerprint density at radius 3 is 1.39 bits per heavy atom. The summed E-state index contributed by atoms with van der Waals surface area (Å²) in [5, 5.41) is 10.6. The molecule has 0 amide bonds. The van der Waals surface area contributed by atoms with Gasteiger partial charge in [0, 0.05) is 6.42 Å². The van der Waals surface area contributed by atoms with Gasteiger partial charge in [0.2, 0.25) is 0 Å². The van der Waals surface area contributed by atoms with Crippen molar-refractivity contribution in [2.24, 2.45) is 0 Å². The van der Waals surface area contributed by atoms with Crippen LogP contribution in [0.4, 0.5) is 0 Å². The van der Waals surface area contributed by atoms with Crippen molar-refractivity contribution in [2.75, 3.05) is 13.2 Å². The van der Waals surface area contributed by atoms with E-state index in [4.69, 9.17) is 32.5 Å². The van der Waals surface area contributed by atoms with Crippen LogP contribution in [0.3, 0.4) is 0 Å². The molecule has 2 heterocycles. The number of rotatable bonds is 29. The van der Waals surface area contributed by atoms with E-state index in [1.54, 1.807) is 13.8 Å². The normalized spacial score (nSPS) is 17.5.